The molecule has 2 aliphatic carbocycles. The van der Waals surface area contributed by atoms with Gasteiger partial charge in [0.15, 0.2) is 0 Å². The molecule has 2 atom stereocenters. The van der Waals surface area contributed by atoms with Crippen LogP contribution in [0.3, 0.4) is 0 Å². The van der Waals surface area contributed by atoms with Crippen LogP contribution in [0.1, 0.15) is 179 Å². The minimum Gasteiger partial charge on any atom is -0.462 e. The highest BCUT2D eigenvalue weighted by atomic mass is 16.5. The zero-order valence-electron chi connectivity index (χ0n) is 37.9. The van der Waals surface area contributed by atoms with Crippen LogP contribution in [-0.4, -0.2) is 12.1 Å². The molecule has 0 spiro atoms. The molecule has 2 heteroatoms. The van der Waals surface area contributed by atoms with Crippen LogP contribution in [0.15, 0.2) is 130 Å². The van der Waals surface area contributed by atoms with Crippen LogP contribution < -0.4 is 0 Å². The third kappa shape index (κ3) is 20.2. The van der Waals surface area contributed by atoms with Crippen molar-refractivity contribution >= 4 is 5.97 Å². The van der Waals surface area contributed by atoms with E-state index >= 15 is 0 Å². The third-order valence-corrected chi connectivity index (χ3v) is 11.7. The first kappa shape index (κ1) is 48.8. The van der Waals surface area contributed by atoms with Crippen molar-refractivity contribution in [3.05, 3.63) is 130 Å². The molecular formula is C54H82O2. The van der Waals surface area contributed by atoms with Gasteiger partial charge in [0.05, 0.1) is 0 Å². The molecule has 0 heterocycles. The Labute approximate surface area is 346 Å². The second-order valence-electron chi connectivity index (χ2n) is 18.3. The smallest absolute Gasteiger partial charge is 0.306 e. The minimum absolute atomic E-state index is 0.0214. The summed E-state index contributed by atoms with van der Waals surface area (Å²) >= 11 is 0. The first-order valence-corrected chi connectivity index (χ1v) is 22.3. The summed E-state index contributed by atoms with van der Waals surface area (Å²) in [6.45, 7) is 24.7. The van der Waals surface area contributed by atoms with E-state index in [9.17, 15) is 4.79 Å². The number of ether oxygens (including phenoxy) is 1. The maximum Gasteiger partial charge on any atom is 0.306 e. The number of carbonyl (C=O) groups is 1. The van der Waals surface area contributed by atoms with Gasteiger partial charge >= 0.3 is 5.97 Å². The SMILES string of the molecule is CCCCCCCCCCCCCC(=O)O[C@@H]1CC(C)=C(/C=C/C(C)=C/C=C/C(C)=C/C=C/C=C(C)/C=C/C=C(C)/C=C/[C@H]2C(C)=CCCC2(C)C)C(C)(C)C1. The zero-order valence-corrected chi connectivity index (χ0v) is 37.9. The second-order valence-corrected chi connectivity index (χ2v) is 18.3. The highest BCUT2D eigenvalue weighted by molar-refractivity contribution is 5.69. The van der Waals surface area contributed by atoms with Gasteiger partial charge in [-0.25, -0.2) is 0 Å². The van der Waals surface area contributed by atoms with Gasteiger partial charge in [-0.3, -0.25) is 4.79 Å². The lowest BCUT2D eigenvalue weighted by Gasteiger charge is -2.37. The molecular weight excluding hydrogens is 681 g/mol. The van der Waals surface area contributed by atoms with Crippen molar-refractivity contribution in [1.82, 2.24) is 0 Å². The maximum atomic E-state index is 12.7. The van der Waals surface area contributed by atoms with Crippen molar-refractivity contribution in [2.24, 2.45) is 16.7 Å². The molecule has 2 nitrogen and oxygen atoms in total. The molecule has 2 rings (SSSR count). The van der Waals surface area contributed by atoms with Gasteiger partial charge in [0.1, 0.15) is 6.10 Å². The van der Waals surface area contributed by atoms with Crippen LogP contribution in [0.5, 0.6) is 0 Å². The molecule has 2 aliphatic rings. The summed E-state index contributed by atoms with van der Waals surface area (Å²) in [6, 6.07) is 0. The van der Waals surface area contributed by atoms with E-state index in [-0.39, 0.29) is 17.5 Å². The van der Waals surface area contributed by atoms with E-state index in [2.05, 4.69) is 167 Å². The molecule has 0 saturated carbocycles. The number of carbonyl (C=O) groups excluding carboxylic acids is 1. The largest absolute Gasteiger partial charge is 0.462 e. The first-order valence-electron chi connectivity index (χ1n) is 22.3. The fourth-order valence-electron chi connectivity index (χ4n) is 8.20. The summed E-state index contributed by atoms with van der Waals surface area (Å²) in [4.78, 5) is 12.7. The van der Waals surface area contributed by atoms with Crippen molar-refractivity contribution in [2.45, 2.75) is 185 Å². The summed E-state index contributed by atoms with van der Waals surface area (Å²) in [5, 5.41) is 0. The topological polar surface area (TPSA) is 26.3 Å². The Hall–Kier alpha value is -3.39. The lowest BCUT2D eigenvalue weighted by molar-refractivity contribution is -0.150. The predicted octanol–water partition coefficient (Wildman–Crippen LogP) is 16.7. The van der Waals surface area contributed by atoms with E-state index in [1.165, 1.54) is 110 Å². The fourth-order valence-corrected chi connectivity index (χ4v) is 8.20. The van der Waals surface area contributed by atoms with Gasteiger partial charge in [0.2, 0.25) is 0 Å². The van der Waals surface area contributed by atoms with E-state index in [4.69, 9.17) is 4.74 Å². The summed E-state index contributed by atoms with van der Waals surface area (Å²) in [5.74, 6) is 0.496. The van der Waals surface area contributed by atoms with E-state index in [0.29, 0.717) is 17.8 Å². The quantitative estimate of drug-likeness (QED) is 0.0448. The van der Waals surface area contributed by atoms with Crippen LogP contribution >= 0.6 is 0 Å². The van der Waals surface area contributed by atoms with E-state index in [1.54, 1.807) is 0 Å². The fraction of sp³-hybridized carbons (Fsp3) is 0.574. The van der Waals surface area contributed by atoms with Crippen LogP contribution in [0.25, 0.3) is 0 Å². The van der Waals surface area contributed by atoms with Crippen molar-refractivity contribution in [3.63, 3.8) is 0 Å². The van der Waals surface area contributed by atoms with E-state index < -0.39 is 0 Å². The second kappa shape index (κ2) is 26.5. The average Bonchev–Trinajstić information content (AvgIpc) is 3.11. The maximum absolute atomic E-state index is 12.7. The van der Waals surface area contributed by atoms with Gasteiger partial charge in [0.25, 0.3) is 0 Å². The van der Waals surface area contributed by atoms with Gasteiger partial charge in [-0.15, -0.1) is 0 Å². The van der Waals surface area contributed by atoms with Crippen LogP contribution in [0, 0.1) is 16.7 Å². The normalized spacial score (nSPS) is 21.4. The minimum atomic E-state index is -0.0409. The highest BCUT2D eigenvalue weighted by Crippen LogP contribution is 2.43. The number of allylic oxidation sites excluding steroid dienone is 21. The summed E-state index contributed by atoms with van der Waals surface area (Å²) in [7, 11) is 0. The number of hydrogen-bond acceptors (Lipinski definition) is 2. The predicted molar refractivity (Wildman–Crippen MR) is 248 cm³/mol. The molecule has 310 valence electrons. The van der Waals surface area contributed by atoms with Gasteiger partial charge in [-0.1, -0.05) is 223 Å². The number of hydrogen-bond donors (Lipinski definition) is 0. The molecule has 0 bridgehead atoms. The van der Waals surface area contributed by atoms with Crippen LogP contribution in [-0.2, 0) is 9.53 Å². The molecule has 0 unspecified atom stereocenters. The summed E-state index contributed by atoms with van der Waals surface area (Å²) in [6.07, 6.45) is 51.8. The standard InChI is InChI=1S/C54H82O2/c1-12-13-14-15-16-17-18-19-20-21-22-35-52(55)56-49-41-48(7)51(54(10,11)42-49)39-37-46(5)33-26-31-44(3)29-24-23-28-43(2)30-25-32-45(4)36-38-50-47(6)34-27-40-53(50,8)9/h23-26,28-34,36-39,49-50H,12-22,27,35,40-42H2,1-11H3/b24-23+,30-25+,31-26+,38-36+,39-37+,43-28+,44-29+,45-32+,46-33+/t49-,50+/m1/s1. The monoisotopic (exact) mass is 763 g/mol. The van der Waals surface area contributed by atoms with Gasteiger partial charge < -0.3 is 4.74 Å². The Bertz CT molecular complexity index is 1550. The summed E-state index contributed by atoms with van der Waals surface area (Å²) in [5.41, 5.74) is 9.36. The third-order valence-electron chi connectivity index (χ3n) is 11.7. The Morgan fingerprint density at radius 1 is 0.696 bits per heavy atom. The molecule has 0 aromatic heterocycles. The van der Waals surface area contributed by atoms with E-state index in [0.717, 1.165) is 25.7 Å². The van der Waals surface area contributed by atoms with Crippen molar-refractivity contribution in [2.75, 3.05) is 0 Å². The first-order chi connectivity index (χ1) is 26.6. The number of esters is 1. The highest BCUT2D eigenvalue weighted by Gasteiger charge is 2.34. The van der Waals surface area contributed by atoms with Gasteiger partial charge in [-0.2, -0.15) is 0 Å². The van der Waals surface area contributed by atoms with Gasteiger partial charge in [0, 0.05) is 18.8 Å². The number of unbranched alkanes of at least 4 members (excludes halogenated alkanes) is 10. The Balaban J connectivity index is 1.78. The number of rotatable bonds is 23. The van der Waals surface area contributed by atoms with E-state index in [1.807, 2.05) is 0 Å². The zero-order chi connectivity index (χ0) is 41.4. The lowest BCUT2D eigenvalue weighted by Crippen LogP contribution is -2.31. The molecule has 0 radical (unpaired) electrons. The molecule has 0 N–H and O–H groups in total. The van der Waals surface area contributed by atoms with Crippen LogP contribution in [0.2, 0.25) is 0 Å². The Morgan fingerprint density at radius 2 is 1.20 bits per heavy atom. The Morgan fingerprint density at radius 3 is 1.73 bits per heavy atom. The van der Waals surface area contributed by atoms with Gasteiger partial charge in [-0.05, 0) is 83.6 Å². The molecule has 0 aromatic rings. The van der Waals surface area contributed by atoms with Crippen molar-refractivity contribution in [1.29, 1.82) is 0 Å². The summed E-state index contributed by atoms with van der Waals surface area (Å²) < 4.78 is 6.00. The molecule has 0 aromatic carbocycles. The average molecular weight is 763 g/mol. The van der Waals surface area contributed by atoms with Crippen molar-refractivity contribution in [3.8, 4) is 0 Å². The van der Waals surface area contributed by atoms with Crippen LogP contribution in [0.4, 0.5) is 0 Å². The lowest BCUT2D eigenvalue weighted by atomic mass is 9.68. The molecule has 0 fully saturated rings. The molecule has 56 heavy (non-hydrogen) atoms. The van der Waals surface area contributed by atoms with Crippen molar-refractivity contribution < 1.29 is 9.53 Å². The Kier molecular flexibility index (Phi) is 23.1. The molecule has 0 aliphatic heterocycles. The molecule has 0 amide bonds. The molecule has 0 saturated heterocycles.